The minimum atomic E-state index is -0.525. The van der Waals surface area contributed by atoms with Crippen LogP contribution in [0, 0.1) is 10.1 Å². The third kappa shape index (κ3) is 5.81. The van der Waals surface area contributed by atoms with Gasteiger partial charge in [-0.05, 0) is 42.3 Å². The highest BCUT2D eigenvalue weighted by Gasteiger charge is 2.09. The second-order valence-corrected chi connectivity index (χ2v) is 5.62. The number of amides is 1. The van der Waals surface area contributed by atoms with Crippen LogP contribution in [0.15, 0.2) is 47.6 Å². The standard InChI is InChI=1S/C19H21N3O5/c1-3-4-11-27-17-10-5-14(12-18(17)26-2)13-20-21-19(23)15-6-8-16(9-7-15)22(24)25/h5-10,12-13H,3-4,11H2,1-2H3,(H,21,23). The molecule has 0 unspecified atom stereocenters. The summed E-state index contributed by atoms with van der Waals surface area (Å²) >= 11 is 0. The zero-order valence-electron chi connectivity index (χ0n) is 15.2. The third-order valence-electron chi connectivity index (χ3n) is 3.66. The first-order valence-corrected chi connectivity index (χ1v) is 8.44. The molecule has 27 heavy (non-hydrogen) atoms. The monoisotopic (exact) mass is 371 g/mol. The van der Waals surface area contributed by atoms with Crippen molar-refractivity contribution in [1.82, 2.24) is 5.43 Å². The van der Waals surface area contributed by atoms with Gasteiger partial charge in [0, 0.05) is 17.7 Å². The molecule has 2 aromatic carbocycles. The molecule has 0 atom stereocenters. The maximum absolute atomic E-state index is 12.0. The number of benzene rings is 2. The molecule has 0 aromatic heterocycles. The van der Waals surface area contributed by atoms with Crippen molar-refractivity contribution in [3.05, 3.63) is 63.7 Å². The highest BCUT2D eigenvalue weighted by atomic mass is 16.6. The van der Waals surface area contributed by atoms with E-state index >= 15 is 0 Å². The van der Waals surface area contributed by atoms with E-state index in [0.29, 0.717) is 18.1 Å². The van der Waals surface area contributed by atoms with Crippen molar-refractivity contribution < 1.29 is 19.2 Å². The van der Waals surface area contributed by atoms with Crippen LogP contribution in [-0.4, -0.2) is 30.8 Å². The lowest BCUT2D eigenvalue weighted by atomic mass is 10.2. The van der Waals surface area contributed by atoms with E-state index in [9.17, 15) is 14.9 Å². The van der Waals surface area contributed by atoms with Crippen LogP contribution < -0.4 is 14.9 Å². The second-order valence-electron chi connectivity index (χ2n) is 5.62. The van der Waals surface area contributed by atoms with Gasteiger partial charge in [-0.2, -0.15) is 5.10 Å². The highest BCUT2D eigenvalue weighted by Crippen LogP contribution is 2.27. The number of nitro groups is 1. The molecule has 8 nitrogen and oxygen atoms in total. The number of non-ortho nitro benzene ring substituents is 1. The van der Waals surface area contributed by atoms with Crippen molar-refractivity contribution in [2.45, 2.75) is 19.8 Å². The number of rotatable bonds is 9. The zero-order valence-corrected chi connectivity index (χ0v) is 15.2. The Morgan fingerprint density at radius 2 is 1.96 bits per heavy atom. The molecular formula is C19H21N3O5. The van der Waals surface area contributed by atoms with Crippen LogP contribution >= 0.6 is 0 Å². The molecule has 0 aliphatic heterocycles. The molecule has 2 aromatic rings. The summed E-state index contributed by atoms with van der Waals surface area (Å²) in [6, 6.07) is 10.6. The number of nitro benzene ring substituents is 1. The molecule has 0 saturated heterocycles. The molecular weight excluding hydrogens is 350 g/mol. The van der Waals surface area contributed by atoms with Crippen molar-refractivity contribution in [1.29, 1.82) is 0 Å². The Balaban J connectivity index is 1.98. The van der Waals surface area contributed by atoms with Gasteiger partial charge < -0.3 is 9.47 Å². The largest absolute Gasteiger partial charge is 0.493 e. The van der Waals surface area contributed by atoms with E-state index in [1.54, 1.807) is 25.3 Å². The van der Waals surface area contributed by atoms with Gasteiger partial charge in [-0.25, -0.2) is 5.43 Å². The van der Waals surface area contributed by atoms with Crippen LogP contribution in [-0.2, 0) is 0 Å². The van der Waals surface area contributed by atoms with E-state index in [1.165, 1.54) is 30.5 Å². The first-order chi connectivity index (χ1) is 13.0. The van der Waals surface area contributed by atoms with Gasteiger partial charge in [0.15, 0.2) is 11.5 Å². The molecule has 0 bridgehead atoms. The minimum Gasteiger partial charge on any atom is -0.493 e. The summed E-state index contributed by atoms with van der Waals surface area (Å²) in [6.07, 6.45) is 3.48. The smallest absolute Gasteiger partial charge is 0.271 e. The van der Waals surface area contributed by atoms with E-state index in [0.717, 1.165) is 18.4 Å². The fraction of sp³-hybridized carbons (Fsp3) is 0.263. The lowest BCUT2D eigenvalue weighted by Crippen LogP contribution is -2.17. The summed E-state index contributed by atoms with van der Waals surface area (Å²) in [5.74, 6) is 0.766. The Morgan fingerprint density at radius 3 is 2.59 bits per heavy atom. The minimum absolute atomic E-state index is 0.0802. The van der Waals surface area contributed by atoms with Gasteiger partial charge in [0.2, 0.25) is 0 Å². The first kappa shape index (κ1) is 19.9. The Labute approximate surface area is 157 Å². The number of carbonyl (C=O) groups excluding carboxylic acids is 1. The lowest BCUT2D eigenvalue weighted by molar-refractivity contribution is -0.384. The van der Waals surface area contributed by atoms with Gasteiger partial charge in [0.05, 0.1) is 24.9 Å². The summed E-state index contributed by atoms with van der Waals surface area (Å²) in [5.41, 5.74) is 3.29. The van der Waals surface area contributed by atoms with Crippen LogP contribution in [0.4, 0.5) is 5.69 Å². The zero-order chi connectivity index (χ0) is 19.6. The van der Waals surface area contributed by atoms with Crippen molar-refractivity contribution >= 4 is 17.8 Å². The van der Waals surface area contributed by atoms with Crippen molar-refractivity contribution in [2.75, 3.05) is 13.7 Å². The third-order valence-corrected chi connectivity index (χ3v) is 3.66. The van der Waals surface area contributed by atoms with E-state index < -0.39 is 10.8 Å². The maximum atomic E-state index is 12.0. The number of carbonyl (C=O) groups is 1. The van der Waals surface area contributed by atoms with Crippen molar-refractivity contribution in [2.24, 2.45) is 5.10 Å². The number of hydrogen-bond acceptors (Lipinski definition) is 6. The number of unbranched alkanes of at least 4 members (excludes halogenated alkanes) is 1. The Hall–Kier alpha value is -3.42. The number of nitrogens with zero attached hydrogens (tertiary/aromatic N) is 2. The topological polar surface area (TPSA) is 103 Å². The Kier molecular flexibility index (Phi) is 7.30. The molecule has 0 aliphatic rings. The second kappa shape index (κ2) is 9.91. The molecule has 2 rings (SSSR count). The lowest BCUT2D eigenvalue weighted by Gasteiger charge is -2.10. The number of nitrogens with one attached hydrogen (secondary N) is 1. The van der Waals surface area contributed by atoms with E-state index in [4.69, 9.17) is 9.47 Å². The van der Waals surface area contributed by atoms with E-state index in [2.05, 4.69) is 17.5 Å². The summed E-state index contributed by atoms with van der Waals surface area (Å²) in [4.78, 5) is 22.1. The molecule has 1 N–H and O–H groups in total. The van der Waals surface area contributed by atoms with Gasteiger partial charge in [-0.1, -0.05) is 13.3 Å². The molecule has 0 radical (unpaired) electrons. The van der Waals surface area contributed by atoms with Crippen molar-refractivity contribution in [3.8, 4) is 11.5 Å². The fourth-order valence-corrected chi connectivity index (χ4v) is 2.17. The molecule has 142 valence electrons. The number of methoxy groups -OCH3 is 1. The molecule has 0 saturated carbocycles. The van der Waals surface area contributed by atoms with Gasteiger partial charge in [-0.15, -0.1) is 0 Å². The quantitative estimate of drug-likeness (QED) is 0.314. The predicted molar refractivity (Wildman–Crippen MR) is 102 cm³/mol. The first-order valence-electron chi connectivity index (χ1n) is 8.44. The van der Waals surface area contributed by atoms with Gasteiger partial charge in [0.1, 0.15) is 0 Å². The summed E-state index contributed by atoms with van der Waals surface area (Å²) in [7, 11) is 1.55. The predicted octanol–water partition coefficient (Wildman–Crippen LogP) is 3.55. The number of hydrogen-bond donors (Lipinski definition) is 1. The van der Waals surface area contributed by atoms with Gasteiger partial charge in [-0.3, -0.25) is 14.9 Å². The highest BCUT2D eigenvalue weighted by molar-refractivity contribution is 5.95. The Bertz CT molecular complexity index is 819. The SMILES string of the molecule is CCCCOc1ccc(C=NNC(=O)c2ccc([N+](=O)[O-])cc2)cc1OC. The normalized spacial score (nSPS) is 10.6. The number of hydrazone groups is 1. The van der Waals surface area contributed by atoms with Gasteiger partial charge in [0.25, 0.3) is 11.6 Å². The molecule has 0 heterocycles. The summed E-state index contributed by atoms with van der Waals surface area (Å²) in [5, 5.41) is 14.5. The summed E-state index contributed by atoms with van der Waals surface area (Å²) < 4.78 is 11.0. The average molecular weight is 371 g/mol. The van der Waals surface area contributed by atoms with Crippen LogP contribution in [0.1, 0.15) is 35.7 Å². The molecule has 1 amide bonds. The fourth-order valence-electron chi connectivity index (χ4n) is 2.17. The average Bonchev–Trinajstić information content (AvgIpc) is 2.68. The summed E-state index contributed by atoms with van der Waals surface area (Å²) in [6.45, 7) is 2.71. The van der Waals surface area contributed by atoms with E-state index in [-0.39, 0.29) is 11.3 Å². The van der Waals surface area contributed by atoms with Crippen LogP contribution in [0.3, 0.4) is 0 Å². The van der Waals surface area contributed by atoms with Crippen LogP contribution in [0.25, 0.3) is 0 Å². The van der Waals surface area contributed by atoms with Gasteiger partial charge >= 0.3 is 0 Å². The van der Waals surface area contributed by atoms with Crippen LogP contribution in [0.5, 0.6) is 11.5 Å². The van der Waals surface area contributed by atoms with Crippen molar-refractivity contribution in [3.63, 3.8) is 0 Å². The molecule has 8 heteroatoms. The molecule has 0 aliphatic carbocycles. The maximum Gasteiger partial charge on any atom is 0.271 e. The van der Waals surface area contributed by atoms with E-state index in [1.807, 2.05) is 0 Å². The van der Waals surface area contributed by atoms with Crippen LogP contribution in [0.2, 0.25) is 0 Å². The number of ether oxygens (including phenoxy) is 2. The molecule has 0 spiro atoms. The Morgan fingerprint density at radius 1 is 1.22 bits per heavy atom. The molecule has 0 fully saturated rings.